The molecule has 0 unspecified atom stereocenters. The van der Waals surface area contributed by atoms with Crippen molar-refractivity contribution in [2.45, 2.75) is 32.6 Å². The van der Waals surface area contributed by atoms with Crippen LogP contribution in [0.2, 0.25) is 0 Å². The molecule has 1 aliphatic carbocycles. The summed E-state index contributed by atoms with van der Waals surface area (Å²) in [6.45, 7) is 9.88. The third-order valence-corrected chi connectivity index (χ3v) is 2.27. The predicted octanol–water partition coefficient (Wildman–Crippen LogP) is 3.62. The molecule has 0 aromatic carbocycles. The van der Waals surface area contributed by atoms with E-state index in [9.17, 15) is 0 Å². The molecule has 0 amide bonds. The van der Waals surface area contributed by atoms with E-state index in [-0.39, 0.29) is 0 Å². The Labute approximate surface area is 69.3 Å². The lowest BCUT2D eigenvalue weighted by atomic mass is 9.88. The predicted molar refractivity (Wildman–Crippen MR) is 50.5 cm³/mol. The molecule has 0 bridgehead atoms. The maximum absolute atomic E-state index is 3.97. The highest BCUT2D eigenvalue weighted by Crippen LogP contribution is 2.29. The molecule has 0 nitrogen and oxygen atoms in total. The van der Waals surface area contributed by atoms with Gasteiger partial charge in [0.05, 0.1) is 0 Å². The average Bonchev–Trinajstić information content (AvgIpc) is 2.04. The van der Waals surface area contributed by atoms with Crippen LogP contribution in [0, 0.1) is 0 Å². The number of hydrogen-bond acceptors (Lipinski definition) is 0. The minimum Gasteiger partial charge on any atom is -0.0988 e. The Morgan fingerprint density at radius 1 is 1.36 bits per heavy atom. The van der Waals surface area contributed by atoms with Crippen molar-refractivity contribution in [1.29, 1.82) is 0 Å². The maximum Gasteiger partial charge on any atom is -0.0274 e. The average molecular weight is 148 g/mol. The zero-order valence-electron chi connectivity index (χ0n) is 7.32. The number of hydrogen-bond donors (Lipinski definition) is 0. The standard InChI is InChI=1S/C11H16/c1-4-10-7-5-6-8-11(10)9(2)3/h4H,1-2,5-8H2,3H3. The first-order valence-electron chi connectivity index (χ1n) is 4.26. The van der Waals surface area contributed by atoms with Gasteiger partial charge in [-0.05, 0) is 43.8 Å². The summed E-state index contributed by atoms with van der Waals surface area (Å²) in [4.78, 5) is 0. The first-order chi connectivity index (χ1) is 5.25. The first-order valence-corrected chi connectivity index (χ1v) is 4.26. The van der Waals surface area contributed by atoms with Gasteiger partial charge in [-0.2, -0.15) is 0 Å². The minimum atomic E-state index is 1.20. The van der Waals surface area contributed by atoms with Crippen LogP contribution < -0.4 is 0 Å². The molecule has 1 aliphatic rings. The van der Waals surface area contributed by atoms with Crippen LogP contribution >= 0.6 is 0 Å². The second-order valence-electron chi connectivity index (χ2n) is 3.20. The first kappa shape index (κ1) is 8.32. The molecule has 0 aromatic rings. The molecule has 0 saturated carbocycles. The molecule has 0 fully saturated rings. The van der Waals surface area contributed by atoms with Crippen molar-refractivity contribution in [1.82, 2.24) is 0 Å². The zero-order chi connectivity index (χ0) is 8.27. The van der Waals surface area contributed by atoms with Crippen LogP contribution in [0.5, 0.6) is 0 Å². The molecule has 0 radical (unpaired) electrons. The molecule has 1 rings (SSSR count). The summed E-state index contributed by atoms with van der Waals surface area (Å²) < 4.78 is 0. The van der Waals surface area contributed by atoms with E-state index in [2.05, 4.69) is 20.1 Å². The van der Waals surface area contributed by atoms with E-state index in [0.29, 0.717) is 0 Å². The number of allylic oxidation sites excluding steroid dienone is 4. The van der Waals surface area contributed by atoms with E-state index in [0.717, 1.165) is 0 Å². The quantitative estimate of drug-likeness (QED) is 0.561. The molecule has 0 aromatic heterocycles. The topological polar surface area (TPSA) is 0 Å². The van der Waals surface area contributed by atoms with Crippen LogP contribution in [0.1, 0.15) is 32.6 Å². The Bertz CT molecular complexity index is 206. The lowest BCUT2D eigenvalue weighted by molar-refractivity contribution is 0.688. The summed E-state index contributed by atoms with van der Waals surface area (Å²) in [5.41, 5.74) is 4.09. The number of rotatable bonds is 2. The summed E-state index contributed by atoms with van der Waals surface area (Å²) in [6, 6.07) is 0. The van der Waals surface area contributed by atoms with Gasteiger partial charge in [-0.3, -0.25) is 0 Å². The second kappa shape index (κ2) is 3.56. The smallest absolute Gasteiger partial charge is 0.0274 e. The lowest BCUT2D eigenvalue weighted by Gasteiger charge is -2.17. The van der Waals surface area contributed by atoms with E-state index >= 15 is 0 Å². The summed E-state index contributed by atoms with van der Waals surface area (Å²) >= 11 is 0. The van der Waals surface area contributed by atoms with Crippen molar-refractivity contribution in [3.05, 3.63) is 36.0 Å². The van der Waals surface area contributed by atoms with E-state index < -0.39 is 0 Å². The van der Waals surface area contributed by atoms with E-state index in [4.69, 9.17) is 0 Å². The molecule has 0 aliphatic heterocycles. The third kappa shape index (κ3) is 1.83. The Morgan fingerprint density at radius 3 is 2.45 bits per heavy atom. The largest absolute Gasteiger partial charge is 0.0988 e. The Kier molecular flexibility index (Phi) is 2.70. The van der Waals surface area contributed by atoms with Crippen molar-refractivity contribution in [3.8, 4) is 0 Å². The molecule has 60 valence electrons. The highest BCUT2D eigenvalue weighted by molar-refractivity contribution is 5.38. The van der Waals surface area contributed by atoms with Crippen molar-refractivity contribution in [2.75, 3.05) is 0 Å². The zero-order valence-corrected chi connectivity index (χ0v) is 7.32. The van der Waals surface area contributed by atoms with Gasteiger partial charge < -0.3 is 0 Å². The van der Waals surface area contributed by atoms with Crippen molar-refractivity contribution < 1.29 is 0 Å². The highest BCUT2D eigenvalue weighted by atomic mass is 14.1. The van der Waals surface area contributed by atoms with Crippen molar-refractivity contribution in [2.24, 2.45) is 0 Å². The van der Waals surface area contributed by atoms with Gasteiger partial charge in [-0.25, -0.2) is 0 Å². The normalized spacial score (nSPS) is 18.3. The summed E-state index contributed by atoms with van der Waals surface area (Å²) in [5, 5.41) is 0. The summed E-state index contributed by atoms with van der Waals surface area (Å²) in [7, 11) is 0. The molecular formula is C11H16. The van der Waals surface area contributed by atoms with Gasteiger partial charge in [0.1, 0.15) is 0 Å². The molecule has 0 heterocycles. The van der Waals surface area contributed by atoms with Crippen molar-refractivity contribution >= 4 is 0 Å². The van der Waals surface area contributed by atoms with Crippen LogP contribution in [0.3, 0.4) is 0 Å². The molecular weight excluding hydrogens is 132 g/mol. The van der Waals surface area contributed by atoms with Crippen LogP contribution in [0.4, 0.5) is 0 Å². The fourth-order valence-electron chi connectivity index (χ4n) is 1.64. The molecule has 0 atom stereocenters. The van der Waals surface area contributed by atoms with Crippen LogP contribution in [-0.4, -0.2) is 0 Å². The molecule has 0 spiro atoms. The molecule has 11 heavy (non-hydrogen) atoms. The van der Waals surface area contributed by atoms with Crippen LogP contribution in [-0.2, 0) is 0 Å². The van der Waals surface area contributed by atoms with Gasteiger partial charge in [-0.1, -0.05) is 24.8 Å². The molecule has 0 heteroatoms. The van der Waals surface area contributed by atoms with E-state index in [1.54, 1.807) is 0 Å². The fraction of sp³-hybridized carbons (Fsp3) is 0.455. The van der Waals surface area contributed by atoms with Gasteiger partial charge in [0.15, 0.2) is 0 Å². The third-order valence-electron chi connectivity index (χ3n) is 2.27. The Morgan fingerprint density at radius 2 is 2.00 bits per heavy atom. The van der Waals surface area contributed by atoms with Crippen LogP contribution in [0.25, 0.3) is 0 Å². The van der Waals surface area contributed by atoms with Gasteiger partial charge in [0.2, 0.25) is 0 Å². The van der Waals surface area contributed by atoms with Gasteiger partial charge in [0, 0.05) is 0 Å². The molecule has 0 N–H and O–H groups in total. The monoisotopic (exact) mass is 148 g/mol. The Hall–Kier alpha value is -0.780. The van der Waals surface area contributed by atoms with Crippen molar-refractivity contribution in [3.63, 3.8) is 0 Å². The van der Waals surface area contributed by atoms with Gasteiger partial charge >= 0.3 is 0 Å². The van der Waals surface area contributed by atoms with Gasteiger partial charge in [0.25, 0.3) is 0 Å². The lowest BCUT2D eigenvalue weighted by Crippen LogP contribution is -1.98. The minimum absolute atomic E-state index is 1.20. The van der Waals surface area contributed by atoms with Gasteiger partial charge in [-0.15, -0.1) is 0 Å². The second-order valence-corrected chi connectivity index (χ2v) is 3.20. The summed E-state index contributed by atoms with van der Waals surface area (Å²) in [5.74, 6) is 0. The van der Waals surface area contributed by atoms with E-state index in [1.165, 1.54) is 42.4 Å². The van der Waals surface area contributed by atoms with Crippen LogP contribution in [0.15, 0.2) is 36.0 Å². The highest BCUT2D eigenvalue weighted by Gasteiger charge is 2.09. The SMILES string of the molecule is C=CC1=C(C(=C)C)CCCC1. The fourth-order valence-corrected chi connectivity index (χ4v) is 1.64. The maximum atomic E-state index is 3.97. The molecule has 0 saturated heterocycles. The Balaban J connectivity index is 2.90. The summed E-state index contributed by atoms with van der Waals surface area (Å²) in [6.07, 6.45) is 7.03. The van der Waals surface area contributed by atoms with E-state index in [1.807, 2.05) is 6.08 Å².